The van der Waals surface area contributed by atoms with Crippen LogP contribution < -0.4 is 4.74 Å². The van der Waals surface area contributed by atoms with Gasteiger partial charge in [0.1, 0.15) is 18.1 Å². The molecule has 2 rings (SSSR count). The summed E-state index contributed by atoms with van der Waals surface area (Å²) in [6.07, 6.45) is 0. The Bertz CT molecular complexity index is 676. The summed E-state index contributed by atoms with van der Waals surface area (Å²) in [5.74, 6) is 0.396. The molecule has 0 aliphatic heterocycles. The van der Waals surface area contributed by atoms with Gasteiger partial charge in [-0.05, 0) is 31.2 Å². The molecule has 7 heteroatoms. The lowest BCUT2D eigenvalue weighted by molar-refractivity contribution is -0.385. The van der Waals surface area contributed by atoms with Crippen molar-refractivity contribution >= 4 is 17.3 Å². The molecule has 1 aromatic heterocycles. The van der Waals surface area contributed by atoms with E-state index in [4.69, 9.17) is 16.3 Å². The number of aliphatic hydroxyl groups excluding tert-OH is 1. The minimum atomic E-state index is -0.509. The van der Waals surface area contributed by atoms with E-state index < -0.39 is 4.92 Å². The number of aromatic nitrogens is 1. The predicted molar refractivity (Wildman–Crippen MR) is 77.3 cm³/mol. The number of nitro groups is 1. The second kappa shape index (κ2) is 6.51. The number of halogens is 1. The maximum atomic E-state index is 11.0. The van der Waals surface area contributed by atoms with Crippen molar-refractivity contribution in [1.29, 1.82) is 0 Å². The summed E-state index contributed by atoms with van der Waals surface area (Å²) in [6.45, 7) is 1.53. The third kappa shape index (κ3) is 3.68. The van der Waals surface area contributed by atoms with Gasteiger partial charge in [-0.15, -0.1) is 0 Å². The fourth-order valence-electron chi connectivity index (χ4n) is 1.83. The lowest BCUT2D eigenvalue weighted by Gasteiger charge is -2.10. The molecule has 1 aromatic carbocycles. The van der Waals surface area contributed by atoms with Gasteiger partial charge in [-0.2, -0.15) is 0 Å². The SMILES string of the molecule is Cc1ccc(OCc2ccc(Cl)cc2[N+](=O)[O-])c(CO)n1. The highest BCUT2D eigenvalue weighted by Gasteiger charge is 2.15. The molecule has 21 heavy (non-hydrogen) atoms. The summed E-state index contributed by atoms with van der Waals surface area (Å²) in [5.41, 5.74) is 1.44. The molecule has 0 unspecified atom stereocenters. The lowest BCUT2D eigenvalue weighted by atomic mass is 10.2. The van der Waals surface area contributed by atoms with Crippen LogP contribution in [0.2, 0.25) is 5.02 Å². The number of aliphatic hydroxyl groups is 1. The zero-order valence-electron chi connectivity index (χ0n) is 11.2. The first kappa shape index (κ1) is 15.2. The van der Waals surface area contributed by atoms with E-state index in [9.17, 15) is 15.2 Å². The van der Waals surface area contributed by atoms with E-state index in [-0.39, 0.29) is 18.9 Å². The fraction of sp³-hybridized carbons (Fsp3) is 0.214. The van der Waals surface area contributed by atoms with Crippen LogP contribution in [0, 0.1) is 17.0 Å². The molecule has 0 fully saturated rings. The molecule has 0 radical (unpaired) electrons. The van der Waals surface area contributed by atoms with Gasteiger partial charge in [-0.1, -0.05) is 11.6 Å². The van der Waals surface area contributed by atoms with Crippen LogP contribution in [0.4, 0.5) is 5.69 Å². The summed E-state index contributed by atoms with van der Waals surface area (Å²) < 4.78 is 5.53. The monoisotopic (exact) mass is 308 g/mol. The number of aryl methyl sites for hydroxylation is 1. The number of hydrogen-bond acceptors (Lipinski definition) is 5. The van der Waals surface area contributed by atoms with Gasteiger partial charge in [0.25, 0.3) is 5.69 Å². The molecule has 2 aromatic rings. The lowest BCUT2D eigenvalue weighted by Crippen LogP contribution is -2.04. The summed E-state index contributed by atoms with van der Waals surface area (Å²) >= 11 is 5.75. The van der Waals surface area contributed by atoms with E-state index in [1.165, 1.54) is 6.07 Å². The maximum absolute atomic E-state index is 11.0. The first-order valence-corrected chi connectivity index (χ1v) is 6.52. The van der Waals surface area contributed by atoms with Crippen LogP contribution in [0.5, 0.6) is 5.75 Å². The molecule has 0 amide bonds. The van der Waals surface area contributed by atoms with Crippen molar-refractivity contribution in [2.45, 2.75) is 20.1 Å². The Hall–Kier alpha value is -2.18. The molecule has 0 aliphatic rings. The maximum Gasteiger partial charge on any atom is 0.277 e. The van der Waals surface area contributed by atoms with Crippen LogP contribution in [0.15, 0.2) is 30.3 Å². The van der Waals surface area contributed by atoms with E-state index in [0.29, 0.717) is 22.0 Å². The van der Waals surface area contributed by atoms with Gasteiger partial charge in [0.2, 0.25) is 0 Å². The molecule has 0 saturated heterocycles. The number of ether oxygens (including phenoxy) is 1. The highest BCUT2D eigenvalue weighted by atomic mass is 35.5. The zero-order chi connectivity index (χ0) is 15.4. The summed E-state index contributed by atoms with van der Waals surface area (Å²) in [5, 5.41) is 20.5. The minimum absolute atomic E-state index is 0.00871. The van der Waals surface area contributed by atoms with E-state index >= 15 is 0 Å². The molecule has 1 heterocycles. The van der Waals surface area contributed by atoms with E-state index in [1.807, 2.05) is 0 Å². The van der Waals surface area contributed by atoms with Crippen LogP contribution in [-0.4, -0.2) is 15.0 Å². The summed E-state index contributed by atoms with van der Waals surface area (Å²) in [4.78, 5) is 14.6. The van der Waals surface area contributed by atoms with E-state index in [2.05, 4.69) is 4.98 Å². The Morgan fingerprint density at radius 2 is 2.14 bits per heavy atom. The first-order chi connectivity index (χ1) is 10.0. The first-order valence-electron chi connectivity index (χ1n) is 6.14. The van der Waals surface area contributed by atoms with Crippen molar-refractivity contribution in [2.75, 3.05) is 0 Å². The number of hydrogen-bond donors (Lipinski definition) is 1. The van der Waals surface area contributed by atoms with Gasteiger partial charge in [0.05, 0.1) is 17.1 Å². The van der Waals surface area contributed by atoms with Crippen molar-refractivity contribution < 1.29 is 14.8 Å². The predicted octanol–water partition coefficient (Wildman–Crippen LogP) is 3.02. The quantitative estimate of drug-likeness (QED) is 0.678. The second-order valence-corrected chi connectivity index (χ2v) is 4.81. The smallest absolute Gasteiger partial charge is 0.277 e. The van der Waals surface area contributed by atoms with Gasteiger partial charge in [-0.25, -0.2) is 0 Å². The average molecular weight is 309 g/mol. The van der Waals surface area contributed by atoms with Crippen molar-refractivity contribution in [3.05, 3.63) is 62.4 Å². The third-order valence-electron chi connectivity index (χ3n) is 2.85. The number of nitrogens with zero attached hydrogens (tertiary/aromatic N) is 2. The Morgan fingerprint density at radius 1 is 1.38 bits per heavy atom. The van der Waals surface area contributed by atoms with Crippen LogP contribution in [0.3, 0.4) is 0 Å². The molecule has 110 valence electrons. The Kier molecular flexibility index (Phi) is 4.72. The molecular weight excluding hydrogens is 296 g/mol. The standard InChI is InChI=1S/C14H13ClN2O4/c1-9-2-5-14(12(7-18)16-9)21-8-10-3-4-11(15)6-13(10)17(19)20/h2-6,18H,7-8H2,1H3. The molecule has 0 aliphatic carbocycles. The number of pyridine rings is 1. The van der Waals surface area contributed by atoms with E-state index in [0.717, 1.165) is 5.69 Å². The largest absolute Gasteiger partial charge is 0.487 e. The van der Waals surface area contributed by atoms with Crippen molar-refractivity contribution in [1.82, 2.24) is 4.98 Å². The second-order valence-electron chi connectivity index (χ2n) is 4.37. The van der Waals surface area contributed by atoms with Crippen LogP contribution in [0.1, 0.15) is 17.0 Å². The molecule has 6 nitrogen and oxygen atoms in total. The van der Waals surface area contributed by atoms with Gasteiger partial charge >= 0.3 is 0 Å². The average Bonchev–Trinajstić information content (AvgIpc) is 2.46. The molecule has 0 spiro atoms. The Morgan fingerprint density at radius 3 is 2.81 bits per heavy atom. The highest BCUT2D eigenvalue weighted by molar-refractivity contribution is 6.30. The zero-order valence-corrected chi connectivity index (χ0v) is 12.0. The number of rotatable bonds is 5. The topological polar surface area (TPSA) is 85.5 Å². The fourth-order valence-corrected chi connectivity index (χ4v) is 1.99. The minimum Gasteiger partial charge on any atom is -0.487 e. The molecule has 0 bridgehead atoms. The van der Waals surface area contributed by atoms with Gasteiger partial charge in [0.15, 0.2) is 0 Å². The Balaban J connectivity index is 2.22. The molecule has 0 saturated carbocycles. The third-order valence-corrected chi connectivity index (χ3v) is 3.08. The number of nitro benzene ring substituents is 1. The summed E-state index contributed by atoms with van der Waals surface area (Å²) in [6, 6.07) is 7.80. The molecular formula is C14H13ClN2O4. The molecule has 1 N–H and O–H groups in total. The van der Waals surface area contributed by atoms with Crippen molar-refractivity contribution in [3.63, 3.8) is 0 Å². The van der Waals surface area contributed by atoms with Crippen LogP contribution >= 0.6 is 11.6 Å². The Labute approximate surface area is 126 Å². The van der Waals surface area contributed by atoms with Crippen LogP contribution in [0.25, 0.3) is 0 Å². The highest BCUT2D eigenvalue weighted by Crippen LogP contribution is 2.25. The van der Waals surface area contributed by atoms with Crippen molar-refractivity contribution in [3.8, 4) is 5.75 Å². The van der Waals surface area contributed by atoms with Gasteiger partial charge in [0, 0.05) is 16.8 Å². The molecule has 0 atom stereocenters. The van der Waals surface area contributed by atoms with Gasteiger partial charge < -0.3 is 9.84 Å². The normalized spacial score (nSPS) is 10.4. The van der Waals surface area contributed by atoms with Crippen LogP contribution in [-0.2, 0) is 13.2 Å². The van der Waals surface area contributed by atoms with Gasteiger partial charge in [-0.3, -0.25) is 15.1 Å². The number of benzene rings is 1. The summed E-state index contributed by atoms with van der Waals surface area (Å²) in [7, 11) is 0. The van der Waals surface area contributed by atoms with Crippen molar-refractivity contribution in [2.24, 2.45) is 0 Å². The van der Waals surface area contributed by atoms with E-state index in [1.54, 1.807) is 31.2 Å².